The molecule has 6 nitrogen and oxygen atoms in total. The summed E-state index contributed by atoms with van der Waals surface area (Å²) in [5, 5.41) is 6.35. The van der Waals surface area contributed by atoms with Gasteiger partial charge in [0.25, 0.3) is 0 Å². The number of rotatable bonds is 7. The van der Waals surface area contributed by atoms with E-state index in [-0.39, 0.29) is 18.0 Å². The number of guanidine groups is 1. The minimum atomic E-state index is -0.237. The first-order chi connectivity index (χ1) is 11.2. The van der Waals surface area contributed by atoms with E-state index in [0.717, 1.165) is 24.6 Å². The number of carbonyl (C=O) groups excluding carboxylic acids is 1. The Kier molecular flexibility index (Phi) is 7.82. The van der Waals surface area contributed by atoms with Crippen molar-refractivity contribution in [3.8, 4) is 0 Å². The van der Waals surface area contributed by atoms with Gasteiger partial charge in [0.05, 0.1) is 12.8 Å². The fraction of sp³-hybridized carbons (Fsp3) is 0.667. The number of likely N-dealkylation sites (N-methyl/N-ethyl adjacent to an activating group) is 1. The molecule has 0 aliphatic heterocycles. The van der Waals surface area contributed by atoms with Crippen LogP contribution in [-0.2, 0) is 11.2 Å². The SMILES string of the molecule is CCC(C)NC(=NCCc1ccco1)N(C)CC(=O)NC(C)(C)C. The molecular weight excluding hydrogens is 304 g/mol. The second kappa shape index (κ2) is 9.35. The summed E-state index contributed by atoms with van der Waals surface area (Å²) in [6.07, 6.45) is 3.39. The molecule has 1 unspecified atom stereocenters. The Bertz CT molecular complexity index is 518. The molecular formula is C18H32N4O2. The van der Waals surface area contributed by atoms with Crippen molar-refractivity contribution in [3.05, 3.63) is 24.2 Å². The molecule has 1 rings (SSSR count). The summed E-state index contributed by atoms with van der Waals surface area (Å²) in [5.41, 5.74) is -0.237. The van der Waals surface area contributed by atoms with E-state index in [1.807, 2.05) is 44.9 Å². The van der Waals surface area contributed by atoms with Gasteiger partial charge in [-0.05, 0) is 46.2 Å². The molecule has 2 N–H and O–H groups in total. The Morgan fingerprint density at radius 2 is 2.12 bits per heavy atom. The van der Waals surface area contributed by atoms with E-state index in [9.17, 15) is 4.79 Å². The zero-order valence-corrected chi connectivity index (χ0v) is 15.8. The predicted octanol–water partition coefficient (Wildman–Crippen LogP) is 2.41. The first-order valence-electron chi connectivity index (χ1n) is 8.56. The molecule has 1 aromatic heterocycles. The minimum Gasteiger partial charge on any atom is -0.469 e. The first-order valence-corrected chi connectivity index (χ1v) is 8.56. The number of furan rings is 1. The van der Waals surface area contributed by atoms with Crippen LogP contribution < -0.4 is 10.6 Å². The van der Waals surface area contributed by atoms with E-state index >= 15 is 0 Å². The normalized spacial score (nSPS) is 13.5. The molecule has 1 amide bonds. The average molecular weight is 336 g/mol. The number of nitrogens with zero attached hydrogens (tertiary/aromatic N) is 2. The summed E-state index contributed by atoms with van der Waals surface area (Å²) >= 11 is 0. The van der Waals surface area contributed by atoms with Gasteiger partial charge in [-0.3, -0.25) is 9.79 Å². The van der Waals surface area contributed by atoms with Crippen LogP contribution in [0.2, 0.25) is 0 Å². The maximum atomic E-state index is 12.1. The van der Waals surface area contributed by atoms with Crippen LogP contribution in [0.25, 0.3) is 0 Å². The van der Waals surface area contributed by atoms with Crippen LogP contribution in [0.3, 0.4) is 0 Å². The number of hydrogen-bond acceptors (Lipinski definition) is 3. The van der Waals surface area contributed by atoms with Gasteiger partial charge in [0.1, 0.15) is 5.76 Å². The monoisotopic (exact) mass is 336 g/mol. The highest BCUT2D eigenvalue weighted by Gasteiger charge is 2.17. The number of carbonyl (C=O) groups is 1. The van der Waals surface area contributed by atoms with Crippen LogP contribution in [0, 0.1) is 0 Å². The maximum absolute atomic E-state index is 12.1. The summed E-state index contributed by atoms with van der Waals surface area (Å²) in [6.45, 7) is 11.0. The number of amides is 1. The zero-order chi connectivity index (χ0) is 18.2. The van der Waals surface area contributed by atoms with Gasteiger partial charge in [-0.1, -0.05) is 6.92 Å². The lowest BCUT2D eigenvalue weighted by Gasteiger charge is -2.27. The molecule has 0 bridgehead atoms. The minimum absolute atomic E-state index is 0.0188. The second-order valence-corrected chi connectivity index (χ2v) is 7.14. The Hall–Kier alpha value is -1.98. The number of nitrogens with one attached hydrogen (secondary N) is 2. The lowest BCUT2D eigenvalue weighted by molar-refractivity contribution is -0.122. The molecule has 0 aliphatic rings. The van der Waals surface area contributed by atoms with Gasteiger partial charge < -0.3 is 20.0 Å². The molecule has 0 spiro atoms. The lowest BCUT2D eigenvalue weighted by atomic mass is 10.1. The third kappa shape index (κ3) is 8.04. The molecule has 1 heterocycles. The molecule has 0 radical (unpaired) electrons. The maximum Gasteiger partial charge on any atom is 0.240 e. The van der Waals surface area contributed by atoms with Gasteiger partial charge in [0.2, 0.25) is 5.91 Å². The Balaban J connectivity index is 2.66. The molecule has 1 aromatic rings. The van der Waals surface area contributed by atoms with Crippen molar-refractivity contribution in [2.75, 3.05) is 20.1 Å². The third-order valence-electron chi connectivity index (χ3n) is 3.44. The molecule has 1 atom stereocenters. The van der Waals surface area contributed by atoms with Crippen molar-refractivity contribution in [2.24, 2.45) is 4.99 Å². The second-order valence-electron chi connectivity index (χ2n) is 7.14. The largest absolute Gasteiger partial charge is 0.469 e. The predicted molar refractivity (Wildman–Crippen MR) is 98.1 cm³/mol. The molecule has 6 heteroatoms. The molecule has 0 saturated carbocycles. The smallest absolute Gasteiger partial charge is 0.240 e. The quantitative estimate of drug-likeness (QED) is 0.593. The molecule has 0 saturated heterocycles. The van der Waals surface area contributed by atoms with Gasteiger partial charge in [-0.25, -0.2) is 0 Å². The highest BCUT2D eigenvalue weighted by Crippen LogP contribution is 2.02. The van der Waals surface area contributed by atoms with E-state index < -0.39 is 0 Å². The van der Waals surface area contributed by atoms with Crippen LogP contribution >= 0.6 is 0 Å². The Morgan fingerprint density at radius 1 is 1.42 bits per heavy atom. The van der Waals surface area contributed by atoms with Crippen LogP contribution in [0.5, 0.6) is 0 Å². The molecule has 0 aliphatic carbocycles. The van der Waals surface area contributed by atoms with Gasteiger partial charge in [-0.2, -0.15) is 0 Å². The highest BCUT2D eigenvalue weighted by molar-refractivity contribution is 5.86. The van der Waals surface area contributed by atoms with Gasteiger partial charge in [0.15, 0.2) is 5.96 Å². The molecule has 0 aromatic carbocycles. The van der Waals surface area contributed by atoms with Crippen LogP contribution in [-0.4, -0.2) is 48.5 Å². The van der Waals surface area contributed by atoms with Crippen LogP contribution in [0.4, 0.5) is 0 Å². The lowest BCUT2D eigenvalue weighted by Crippen LogP contribution is -2.50. The summed E-state index contributed by atoms with van der Waals surface area (Å²) < 4.78 is 5.33. The average Bonchev–Trinajstić information content (AvgIpc) is 2.96. The van der Waals surface area contributed by atoms with Crippen molar-refractivity contribution in [3.63, 3.8) is 0 Å². The van der Waals surface area contributed by atoms with Gasteiger partial charge in [-0.15, -0.1) is 0 Å². The van der Waals surface area contributed by atoms with Crippen molar-refractivity contribution < 1.29 is 9.21 Å². The molecule has 0 fully saturated rings. The van der Waals surface area contributed by atoms with E-state index in [4.69, 9.17) is 4.42 Å². The van der Waals surface area contributed by atoms with Crippen molar-refractivity contribution >= 4 is 11.9 Å². The van der Waals surface area contributed by atoms with Crippen LogP contribution in [0.15, 0.2) is 27.8 Å². The van der Waals surface area contributed by atoms with Crippen molar-refractivity contribution in [1.29, 1.82) is 0 Å². The van der Waals surface area contributed by atoms with E-state index in [0.29, 0.717) is 12.6 Å². The third-order valence-corrected chi connectivity index (χ3v) is 3.44. The summed E-state index contributed by atoms with van der Waals surface area (Å²) in [7, 11) is 1.88. The first kappa shape index (κ1) is 20.1. The Labute approximate surface area is 145 Å². The van der Waals surface area contributed by atoms with E-state index in [2.05, 4.69) is 29.5 Å². The molecule has 136 valence electrons. The van der Waals surface area contributed by atoms with Gasteiger partial charge >= 0.3 is 0 Å². The van der Waals surface area contributed by atoms with Crippen LogP contribution in [0.1, 0.15) is 46.8 Å². The zero-order valence-electron chi connectivity index (χ0n) is 15.8. The number of aliphatic imine (C=N–C) groups is 1. The summed E-state index contributed by atoms with van der Waals surface area (Å²) in [6, 6.07) is 4.11. The fourth-order valence-electron chi connectivity index (χ4n) is 2.07. The fourth-order valence-corrected chi connectivity index (χ4v) is 2.07. The van der Waals surface area contributed by atoms with Crippen molar-refractivity contribution in [2.45, 2.75) is 59.0 Å². The number of hydrogen-bond donors (Lipinski definition) is 2. The van der Waals surface area contributed by atoms with Crippen molar-refractivity contribution in [1.82, 2.24) is 15.5 Å². The summed E-state index contributed by atoms with van der Waals surface area (Å²) in [4.78, 5) is 18.6. The Morgan fingerprint density at radius 3 is 2.67 bits per heavy atom. The topological polar surface area (TPSA) is 69.9 Å². The standard InChI is InChI=1S/C18H32N4O2/c1-7-14(2)20-17(19-11-10-15-9-8-12-24-15)22(6)13-16(23)21-18(3,4)5/h8-9,12,14H,7,10-11,13H2,1-6H3,(H,19,20)(H,21,23). The van der Waals surface area contributed by atoms with E-state index in [1.165, 1.54) is 0 Å². The van der Waals surface area contributed by atoms with E-state index in [1.54, 1.807) is 6.26 Å². The molecule has 24 heavy (non-hydrogen) atoms. The van der Waals surface area contributed by atoms with Gasteiger partial charge in [0, 0.05) is 31.6 Å². The summed E-state index contributed by atoms with van der Waals surface area (Å²) in [5.74, 6) is 1.63. The highest BCUT2D eigenvalue weighted by atomic mass is 16.3.